The number of halogens is 3. The summed E-state index contributed by atoms with van der Waals surface area (Å²) in [5, 5.41) is -2.45. The minimum Gasteiger partial charge on any atom is -0.343 e. The summed E-state index contributed by atoms with van der Waals surface area (Å²) in [4.78, 5) is 0. The average Bonchev–Trinajstić information content (AvgIpc) is 2.13. The smallest absolute Gasteiger partial charge is 0.343 e. The Morgan fingerprint density at radius 1 is 1.50 bits per heavy atom. The van der Waals surface area contributed by atoms with Gasteiger partial charge in [0.15, 0.2) is 0 Å². The molecule has 1 fully saturated rings. The van der Waals surface area contributed by atoms with Crippen LogP contribution in [0.2, 0.25) is 0 Å². The van der Waals surface area contributed by atoms with E-state index in [4.69, 9.17) is 5.73 Å². The molecule has 1 aliphatic heterocycles. The molecule has 2 N–H and O–H groups in total. The monoisotopic (exact) mass is 173 g/mol. The third-order valence-electron chi connectivity index (χ3n) is 1.11. The van der Waals surface area contributed by atoms with Gasteiger partial charge in [0, 0.05) is 5.75 Å². The van der Waals surface area contributed by atoms with E-state index in [9.17, 15) is 13.2 Å². The molecule has 1 saturated heterocycles. The van der Waals surface area contributed by atoms with Gasteiger partial charge in [-0.15, -0.1) is 0 Å². The van der Waals surface area contributed by atoms with Crippen LogP contribution in [0.25, 0.3) is 0 Å². The summed E-state index contributed by atoms with van der Waals surface area (Å²) in [7, 11) is 0. The maximum absolute atomic E-state index is 11.9. The lowest BCUT2D eigenvalue weighted by molar-refractivity contribution is -0.229. The summed E-state index contributed by atoms with van der Waals surface area (Å²) >= 11 is 0.582. The van der Waals surface area contributed by atoms with Gasteiger partial charge in [0.2, 0.25) is 0 Å². The fourth-order valence-corrected chi connectivity index (χ4v) is 1.39. The van der Waals surface area contributed by atoms with Crippen LogP contribution < -0.4 is 5.73 Å². The molecule has 1 atom stereocenters. The predicted molar refractivity (Wildman–Crippen MR) is 31.4 cm³/mol. The highest BCUT2D eigenvalue weighted by Gasteiger charge is 2.56. The molecule has 1 heterocycles. The van der Waals surface area contributed by atoms with E-state index in [1.165, 1.54) is 0 Å². The zero-order chi connectivity index (χ0) is 7.83. The topological polar surface area (TPSA) is 35.2 Å². The summed E-state index contributed by atoms with van der Waals surface area (Å²) in [6, 6.07) is 0. The molecule has 0 aliphatic carbocycles. The molecule has 1 rings (SSSR count). The first-order chi connectivity index (χ1) is 4.46. The lowest BCUT2D eigenvalue weighted by Crippen LogP contribution is -2.50. The van der Waals surface area contributed by atoms with Gasteiger partial charge in [-0.1, -0.05) is 11.8 Å². The van der Waals surface area contributed by atoms with Gasteiger partial charge in [-0.25, -0.2) is 0 Å². The van der Waals surface area contributed by atoms with Crippen molar-refractivity contribution in [1.82, 2.24) is 0 Å². The highest BCUT2D eigenvalue weighted by atomic mass is 32.2. The SMILES string of the molecule is N[C@]1(C(F)(F)F)OCCS1. The van der Waals surface area contributed by atoms with E-state index >= 15 is 0 Å². The third kappa shape index (κ3) is 1.23. The quantitative estimate of drug-likeness (QED) is 0.591. The Morgan fingerprint density at radius 3 is 2.30 bits per heavy atom. The molecule has 0 unspecified atom stereocenters. The molecule has 1 aliphatic rings. The van der Waals surface area contributed by atoms with E-state index in [0.717, 1.165) is 0 Å². The zero-order valence-electron chi connectivity index (χ0n) is 4.94. The average molecular weight is 173 g/mol. The van der Waals surface area contributed by atoms with Gasteiger partial charge in [-0.2, -0.15) is 13.2 Å². The highest BCUT2D eigenvalue weighted by molar-refractivity contribution is 8.00. The Bertz CT molecular complexity index is 131. The summed E-state index contributed by atoms with van der Waals surface area (Å²) in [5.74, 6) is 0.302. The van der Waals surface area contributed by atoms with Crippen molar-refractivity contribution in [1.29, 1.82) is 0 Å². The Labute approximate surface area is 59.9 Å². The summed E-state index contributed by atoms with van der Waals surface area (Å²) in [5.41, 5.74) is 4.85. The van der Waals surface area contributed by atoms with Gasteiger partial charge in [-0.05, 0) is 0 Å². The van der Waals surface area contributed by atoms with E-state index in [1.54, 1.807) is 0 Å². The van der Waals surface area contributed by atoms with E-state index in [-0.39, 0.29) is 6.61 Å². The Morgan fingerprint density at radius 2 is 2.10 bits per heavy atom. The number of nitrogens with two attached hydrogens (primary N) is 1. The van der Waals surface area contributed by atoms with Crippen LogP contribution in [0.15, 0.2) is 0 Å². The summed E-state index contributed by atoms with van der Waals surface area (Å²) < 4.78 is 39.9. The van der Waals surface area contributed by atoms with Crippen molar-refractivity contribution in [3.8, 4) is 0 Å². The van der Waals surface area contributed by atoms with Crippen LogP contribution in [0.1, 0.15) is 0 Å². The Hall–Kier alpha value is 0.0600. The fraction of sp³-hybridized carbons (Fsp3) is 1.00. The van der Waals surface area contributed by atoms with Crippen LogP contribution in [-0.2, 0) is 4.74 Å². The Balaban J connectivity index is 2.67. The maximum Gasteiger partial charge on any atom is 0.441 e. The number of hydrogen-bond acceptors (Lipinski definition) is 3. The van der Waals surface area contributed by atoms with Crippen molar-refractivity contribution in [3.63, 3.8) is 0 Å². The number of ether oxygens (including phenoxy) is 1. The van der Waals surface area contributed by atoms with Crippen LogP contribution in [-0.4, -0.2) is 23.6 Å². The first-order valence-corrected chi connectivity index (χ1v) is 3.58. The van der Waals surface area contributed by atoms with Gasteiger partial charge in [0.05, 0.1) is 6.61 Å². The number of thioether (sulfide) groups is 1. The molecule has 0 saturated carbocycles. The van der Waals surface area contributed by atoms with Gasteiger partial charge in [0.1, 0.15) is 0 Å². The second kappa shape index (κ2) is 2.28. The lowest BCUT2D eigenvalue weighted by atomic mass is 10.5. The molecule has 60 valence electrons. The van der Waals surface area contributed by atoms with Crippen molar-refractivity contribution in [2.45, 2.75) is 11.2 Å². The summed E-state index contributed by atoms with van der Waals surface area (Å²) in [6.45, 7) is 0.0701. The predicted octanol–water partition coefficient (Wildman–Crippen LogP) is 0.925. The minimum absolute atomic E-state index is 0.0701. The summed E-state index contributed by atoms with van der Waals surface area (Å²) in [6.07, 6.45) is -4.46. The van der Waals surface area contributed by atoms with Crippen molar-refractivity contribution in [2.75, 3.05) is 12.4 Å². The first-order valence-electron chi connectivity index (χ1n) is 2.59. The van der Waals surface area contributed by atoms with Crippen LogP contribution >= 0.6 is 11.8 Å². The third-order valence-corrected chi connectivity index (χ3v) is 2.26. The molecule has 6 heteroatoms. The minimum atomic E-state index is -4.46. The Kier molecular flexibility index (Phi) is 1.86. The molecule has 10 heavy (non-hydrogen) atoms. The molecule has 0 radical (unpaired) electrons. The fourth-order valence-electron chi connectivity index (χ4n) is 0.592. The second-order valence-corrected chi connectivity index (χ2v) is 3.17. The molecular weight excluding hydrogens is 167 g/mol. The molecular formula is C4H6F3NOS. The van der Waals surface area contributed by atoms with E-state index in [1.807, 2.05) is 0 Å². The maximum atomic E-state index is 11.9. The standard InChI is InChI=1S/C4H6F3NOS/c5-3(6,7)4(8)9-1-2-10-4/h1-2,8H2/t4-/m1/s1. The van der Waals surface area contributed by atoms with E-state index in [0.29, 0.717) is 17.5 Å². The second-order valence-electron chi connectivity index (χ2n) is 1.86. The van der Waals surface area contributed by atoms with Gasteiger partial charge in [0.25, 0.3) is 5.06 Å². The van der Waals surface area contributed by atoms with Gasteiger partial charge < -0.3 is 4.74 Å². The molecule has 0 aromatic rings. The zero-order valence-corrected chi connectivity index (χ0v) is 5.76. The van der Waals surface area contributed by atoms with Crippen LogP contribution in [0.5, 0.6) is 0 Å². The number of rotatable bonds is 0. The molecule has 0 amide bonds. The number of alkyl halides is 3. The molecule has 0 spiro atoms. The first kappa shape index (κ1) is 8.16. The van der Waals surface area contributed by atoms with Crippen LogP contribution in [0.3, 0.4) is 0 Å². The molecule has 2 nitrogen and oxygen atoms in total. The molecule has 0 aromatic carbocycles. The van der Waals surface area contributed by atoms with E-state index in [2.05, 4.69) is 4.74 Å². The normalized spacial score (nSPS) is 34.8. The van der Waals surface area contributed by atoms with Crippen molar-refractivity contribution < 1.29 is 17.9 Å². The van der Waals surface area contributed by atoms with Crippen molar-refractivity contribution >= 4 is 11.8 Å². The van der Waals surface area contributed by atoms with Crippen molar-refractivity contribution in [3.05, 3.63) is 0 Å². The molecule has 0 aromatic heterocycles. The van der Waals surface area contributed by atoms with E-state index < -0.39 is 11.2 Å². The van der Waals surface area contributed by atoms with Crippen LogP contribution in [0, 0.1) is 0 Å². The molecule has 0 bridgehead atoms. The van der Waals surface area contributed by atoms with Gasteiger partial charge >= 0.3 is 6.18 Å². The van der Waals surface area contributed by atoms with Crippen molar-refractivity contribution in [2.24, 2.45) is 5.73 Å². The van der Waals surface area contributed by atoms with Crippen LogP contribution in [0.4, 0.5) is 13.2 Å². The number of hydrogen-bond donors (Lipinski definition) is 1. The largest absolute Gasteiger partial charge is 0.441 e. The lowest BCUT2D eigenvalue weighted by Gasteiger charge is -2.24. The highest BCUT2D eigenvalue weighted by Crippen LogP contribution is 2.41. The van der Waals surface area contributed by atoms with Gasteiger partial charge in [-0.3, -0.25) is 5.73 Å².